The maximum Gasteiger partial charge on any atom is 0.326 e. The van der Waals surface area contributed by atoms with Crippen LogP contribution in [-0.2, 0) is 16.0 Å². The highest BCUT2D eigenvalue weighted by Crippen LogP contribution is 2.24. The van der Waals surface area contributed by atoms with Crippen LogP contribution in [0.1, 0.15) is 12.5 Å². The van der Waals surface area contributed by atoms with Gasteiger partial charge in [0, 0.05) is 29.4 Å². The van der Waals surface area contributed by atoms with Crippen LogP contribution in [-0.4, -0.2) is 27.9 Å². The summed E-state index contributed by atoms with van der Waals surface area (Å²) in [7, 11) is 0. The summed E-state index contributed by atoms with van der Waals surface area (Å²) in [5, 5.41) is 22.1. The Kier molecular flexibility index (Phi) is 4.99. The second-order valence-electron chi connectivity index (χ2n) is 3.83. The average molecular weight is 331 g/mol. The van der Waals surface area contributed by atoms with Crippen molar-refractivity contribution in [1.29, 1.82) is 0 Å². The van der Waals surface area contributed by atoms with Crippen LogP contribution in [0.25, 0.3) is 0 Å². The normalized spacial score (nSPS) is 11.7. The van der Waals surface area contributed by atoms with E-state index in [-0.39, 0.29) is 17.7 Å². The maximum absolute atomic E-state index is 11.0. The van der Waals surface area contributed by atoms with Crippen molar-refractivity contribution < 1.29 is 19.6 Å². The van der Waals surface area contributed by atoms with Gasteiger partial charge in [-0.1, -0.05) is 22.0 Å². The zero-order valence-corrected chi connectivity index (χ0v) is 11.5. The number of carbonyl (C=O) groups excluding carboxylic acids is 1. The number of carbonyl (C=O) groups is 2. The minimum atomic E-state index is -1.24. The van der Waals surface area contributed by atoms with E-state index in [1.807, 2.05) is 0 Å². The first-order valence-electron chi connectivity index (χ1n) is 5.24. The maximum atomic E-state index is 11.0. The van der Waals surface area contributed by atoms with Gasteiger partial charge in [-0.05, 0) is 6.07 Å². The molecule has 0 aliphatic carbocycles. The molecule has 1 aromatic rings. The van der Waals surface area contributed by atoms with Crippen molar-refractivity contribution in [3.63, 3.8) is 0 Å². The van der Waals surface area contributed by atoms with Crippen LogP contribution in [0.3, 0.4) is 0 Å². The fraction of sp³-hybridized carbons (Fsp3) is 0.273. The fourth-order valence-corrected chi connectivity index (χ4v) is 1.89. The van der Waals surface area contributed by atoms with Crippen molar-refractivity contribution in [2.24, 2.45) is 0 Å². The number of nitro benzene ring substituents is 1. The molecule has 0 spiro atoms. The lowest BCUT2D eigenvalue weighted by molar-refractivity contribution is -0.385. The molecule has 1 amide bonds. The average Bonchev–Trinajstić information content (AvgIpc) is 2.29. The number of hydrogen-bond donors (Lipinski definition) is 2. The number of rotatable bonds is 5. The van der Waals surface area contributed by atoms with Gasteiger partial charge in [0.25, 0.3) is 5.69 Å². The highest BCUT2D eigenvalue weighted by molar-refractivity contribution is 9.10. The van der Waals surface area contributed by atoms with Crippen LogP contribution in [0, 0.1) is 10.1 Å². The third-order valence-electron chi connectivity index (χ3n) is 2.34. The van der Waals surface area contributed by atoms with Crippen LogP contribution in [0.4, 0.5) is 5.69 Å². The molecule has 0 bridgehead atoms. The van der Waals surface area contributed by atoms with Gasteiger partial charge in [0.1, 0.15) is 6.04 Å². The summed E-state index contributed by atoms with van der Waals surface area (Å²) in [4.78, 5) is 32.2. The monoisotopic (exact) mass is 330 g/mol. The summed E-state index contributed by atoms with van der Waals surface area (Å²) < 4.78 is 0.523. The lowest BCUT2D eigenvalue weighted by atomic mass is 10.0. The van der Waals surface area contributed by atoms with E-state index < -0.39 is 22.8 Å². The molecule has 1 rings (SSSR count). The second-order valence-corrected chi connectivity index (χ2v) is 4.74. The number of nitro groups is 1. The van der Waals surface area contributed by atoms with Crippen LogP contribution in [0.5, 0.6) is 0 Å². The van der Waals surface area contributed by atoms with E-state index >= 15 is 0 Å². The number of aliphatic carboxylic acids is 1. The topological polar surface area (TPSA) is 110 Å². The molecule has 1 aromatic carbocycles. The summed E-state index contributed by atoms with van der Waals surface area (Å²) in [6, 6.07) is 3.13. The predicted molar refractivity (Wildman–Crippen MR) is 69.7 cm³/mol. The summed E-state index contributed by atoms with van der Waals surface area (Å²) in [5.74, 6) is -1.75. The van der Waals surface area contributed by atoms with Gasteiger partial charge in [0.2, 0.25) is 5.91 Å². The number of halogens is 1. The number of amides is 1. The van der Waals surface area contributed by atoms with E-state index in [1.54, 1.807) is 6.07 Å². The van der Waals surface area contributed by atoms with Crippen LogP contribution in [0.15, 0.2) is 22.7 Å². The SMILES string of the molecule is CC(=O)NC(Cc1ccc(Br)cc1[N+](=O)[O-])C(=O)O. The van der Waals surface area contributed by atoms with Crippen molar-refractivity contribution in [2.75, 3.05) is 0 Å². The molecule has 0 heterocycles. The molecule has 0 aromatic heterocycles. The zero-order valence-electron chi connectivity index (χ0n) is 9.92. The van der Waals surface area contributed by atoms with Crippen LogP contribution < -0.4 is 5.32 Å². The standard InChI is InChI=1S/C11H11BrN2O5/c1-6(15)13-9(11(16)17)4-7-2-3-8(12)5-10(7)14(18)19/h2-3,5,9H,4H2,1H3,(H,13,15)(H,16,17). The van der Waals surface area contributed by atoms with E-state index in [0.29, 0.717) is 4.47 Å². The number of benzene rings is 1. The van der Waals surface area contributed by atoms with Gasteiger partial charge in [-0.2, -0.15) is 0 Å². The van der Waals surface area contributed by atoms with Gasteiger partial charge in [-0.15, -0.1) is 0 Å². The van der Waals surface area contributed by atoms with Crippen molar-refractivity contribution >= 4 is 33.5 Å². The van der Waals surface area contributed by atoms with Crippen LogP contribution in [0.2, 0.25) is 0 Å². The zero-order chi connectivity index (χ0) is 14.6. The molecule has 1 unspecified atom stereocenters. The molecule has 1 atom stereocenters. The summed E-state index contributed by atoms with van der Waals surface area (Å²) in [5.41, 5.74) is 0.0559. The minimum absolute atomic E-state index is 0.154. The highest BCUT2D eigenvalue weighted by Gasteiger charge is 2.23. The molecule has 7 nitrogen and oxygen atoms in total. The number of hydrogen-bond acceptors (Lipinski definition) is 4. The van der Waals surface area contributed by atoms with E-state index in [0.717, 1.165) is 0 Å². The van der Waals surface area contributed by atoms with Crippen LogP contribution >= 0.6 is 15.9 Å². The van der Waals surface area contributed by atoms with Crippen molar-refractivity contribution in [3.8, 4) is 0 Å². The Hall–Kier alpha value is -1.96. The van der Waals surface area contributed by atoms with E-state index in [4.69, 9.17) is 5.11 Å². The molecule has 0 aliphatic heterocycles. The van der Waals surface area contributed by atoms with Gasteiger partial charge in [0.15, 0.2) is 0 Å². The Morgan fingerprint density at radius 1 is 1.53 bits per heavy atom. The van der Waals surface area contributed by atoms with E-state index in [2.05, 4.69) is 21.2 Å². The molecule has 8 heteroatoms. The number of nitrogens with one attached hydrogen (secondary N) is 1. The molecule has 0 fully saturated rings. The smallest absolute Gasteiger partial charge is 0.326 e. The molecule has 0 saturated carbocycles. The summed E-state index contributed by atoms with van der Waals surface area (Å²) in [6.07, 6.45) is -0.154. The minimum Gasteiger partial charge on any atom is -0.480 e. The Bertz CT molecular complexity index is 532. The molecule has 19 heavy (non-hydrogen) atoms. The predicted octanol–water partition coefficient (Wildman–Crippen LogP) is 1.49. The second kappa shape index (κ2) is 6.28. The first-order valence-corrected chi connectivity index (χ1v) is 6.03. The van der Waals surface area contributed by atoms with Gasteiger partial charge >= 0.3 is 5.97 Å². The molecule has 2 N–H and O–H groups in total. The third-order valence-corrected chi connectivity index (χ3v) is 2.84. The molecular weight excluding hydrogens is 320 g/mol. The quantitative estimate of drug-likeness (QED) is 0.627. The number of carboxylic acid groups (broad SMARTS) is 1. The number of carboxylic acids is 1. The highest BCUT2D eigenvalue weighted by atomic mass is 79.9. The van der Waals surface area contributed by atoms with E-state index in [1.165, 1.54) is 19.1 Å². The Morgan fingerprint density at radius 2 is 2.16 bits per heavy atom. The Labute approximate surface area is 116 Å². The van der Waals surface area contributed by atoms with Gasteiger partial charge in [-0.25, -0.2) is 4.79 Å². The largest absolute Gasteiger partial charge is 0.480 e. The first kappa shape index (κ1) is 15.1. The number of nitrogens with zero attached hydrogens (tertiary/aromatic N) is 1. The first-order chi connectivity index (χ1) is 8.81. The van der Waals surface area contributed by atoms with E-state index in [9.17, 15) is 19.7 Å². The van der Waals surface area contributed by atoms with Crippen molar-refractivity contribution in [1.82, 2.24) is 5.32 Å². The Balaban J connectivity index is 3.05. The summed E-state index contributed by atoms with van der Waals surface area (Å²) in [6.45, 7) is 1.19. The third kappa shape index (κ3) is 4.32. The van der Waals surface area contributed by atoms with Gasteiger partial charge in [0.05, 0.1) is 4.92 Å². The molecular formula is C11H11BrN2O5. The molecule has 0 radical (unpaired) electrons. The summed E-state index contributed by atoms with van der Waals surface area (Å²) >= 11 is 3.11. The molecule has 0 aliphatic rings. The molecule has 0 saturated heterocycles. The van der Waals surface area contributed by atoms with Gasteiger partial charge in [-0.3, -0.25) is 14.9 Å². The lowest BCUT2D eigenvalue weighted by Crippen LogP contribution is -2.41. The fourth-order valence-electron chi connectivity index (χ4n) is 1.54. The van der Waals surface area contributed by atoms with Crippen molar-refractivity contribution in [3.05, 3.63) is 38.3 Å². The Morgan fingerprint density at radius 3 is 2.63 bits per heavy atom. The molecule has 102 valence electrons. The van der Waals surface area contributed by atoms with Gasteiger partial charge < -0.3 is 10.4 Å². The van der Waals surface area contributed by atoms with Crippen molar-refractivity contribution in [2.45, 2.75) is 19.4 Å². The lowest BCUT2D eigenvalue weighted by Gasteiger charge is -2.13.